The van der Waals surface area contributed by atoms with Gasteiger partial charge in [0.15, 0.2) is 5.78 Å². The number of morpholine rings is 1. The zero-order chi connectivity index (χ0) is 15.3. The fourth-order valence-corrected chi connectivity index (χ4v) is 2.05. The fourth-order valence-electron chi connectivity index (χ4n) is 2.05. The van der Waals surface area contributed by atoms with E-state index in [2.05, 4.69) is 5.32 Å². The first-order chi connectivity index (χ1) is 9.21. The summed E-state index contributed by atoms with van der Waals surface area (Å²) in [7, 11) is 1.94. The van der Waals surface area contributed by atoms with Crippen molar-refractivity contribution in [1.82, 2.24) is 10.2 Å². The Balaban J connectivity index is 2.43. The lowest BCUT2D eigenvalue weighted by molar-refractivity contribution is -0.142. The van der Waals surface area contributed by atoms with Crippen molar-refractivity contribution in [2.24, 2.45) is 0 Å². The number of Topliss-reactive ketones (excluding diaryl/α,β-unsaturated/α-hetero) is 1. The van der Waals surface area contributed by atoms with Gasteiger partial charge in [0.25, 0.3) is 0 Å². The second-order valence-corrected chi connectivity index (χ2v) is 6.17. The van der Waals surface area contributed by atoms with Gasteiger partial charge < -0.3 is 19.7 Å². The van der Waals surface area contributed by atoms with Gasteiger partial charge in [0.1, 0.15) is 11.7 Å². The molecule has 1 heterocycles. The van der Waals surface area contributed by atoms with E-state index in [0.717, 1.165) is 0 Å². The quantitative estimate of drug-likeness (QED) is 0.841. The van der Waals surface area contributed by atoms with Crippen LogP contribution in [0, 0.1) is 0 Å². The molecule has 1 rings (SSSR count). The third-order valence-electron chi connectivity index (χ3n) is 2.93. The molecular formula is C14H26N2O4. The molecule has 0 aliphatic carbocycles. The Morgan fingerprint density at radius 1 is 1.35 bits per heavy atom. The summed E-state index contributed by atoms with van der Waals surface area (Å²) in [4.78, 5) is 25.3. The van der Waals surface area contributed by atoms with E-state index >= 15 is 0 Å². The van der Waals surface area contributed by atoms with E-state index in [1.54, 1.807) is 0 Å². The summed E-state index contributed by atoms with van der Waals surface area (Å²) in [5, 5.41) is 2.68. The minimum atomic E-state index is -0.519. The highest BCUT2D eigenvalue weighted by Gasteiger charge is 2.30. The number of hydrogen-bond donors (Lipinski definition) is 1. The molecule has 0 aromatic carbocycles. The predicted molar refractivity (Wildman–Crippen MR) is 75.7 cm³/mol. The summed E-state index contributed by atoms with van der Waals surface area (Å²) in [6, 6.07) is 0. The number of nitrogens with zero attached hydrogens (tertiary/aromatic N) is 1. The molecule has 0 aromatic rings. The molecule has 0 radical (unpaired) electrons. The Labute approximate surface area is 120 Å². The van der Waals surface area contributed by atoms with Gasteiger partial charge in [-0.3, -0.25) is 4.79 Å². The van der Waals surface area contributed by atoms with Crippen LogP contribution in [-0.2, 0) is 14.3 Å². The molecule has 0 spiro atoms. The zero-order valence-electron chi connectivity index (χ0n) is 13.1. The van der Waals surface area contributed by atoms with Crippen molar-refractivity contribution in [3.05, 3.63) is 0 Å². The van der Waals surface area contributed by atoms with E-state index in [1.807, 2.05) is 39.6 Å². The molecule has 2 atom stereocenters. The molecule has 0 unspecified atom stereocenters. The van der Waals surface area contributed by atoms with Crippen molar-refractivity contribution in [2.45, 2.75) is 51.9 Å². The lowest BCUT2D eigenvalue weighted by atomic mass is 10.1. The summed E-state index contributed by atoms with van der Waals surface area (Å²) < 4.78 is 10.9. The number of ether oxygens (including phenoxy) is 2. The summed E-state index contributed by atoms with van der Waals surface area (Å²) in [6.07, 6.45) is -0.594. The minimum absolute atomic E-state index is 0.0961. The Kier molecular flexibility index (Phi) is 5.95. The maximum absolute atomic E-state index is 11.7. The van der Waals surface area contributed by atoms with Gasteiger partial charge in [-0.2, -0.15) is 0 Å². The second kappa shape index (κ2) is 7.04. The third-order valence-corrected chi connectivity index (χ3v) is 2.93. The van der Waals surface area contributed by atoms with E-state index in [1.165, 1.54) is 0 Å². The molecule has 116 valence electrons. The number of amides is 1. The summed E-state index contributed by atoms with van der Waals surface area (Å²) in [5.74, 6) is 0.0961. The number of carbonyl (C=O) groups is 2. The maximum atomic E-state index is 11.7. The molecule has 1 fully saturated rings. The number of rotatable bonds is 4. The average Bonchev–Trinajstić information content (AvgIpc) is 2.32. The first-order valence-corrected chi connectivity index (χ1v) is 7.05. The van der Waals surface area contributed by atoms with Crippen LogP contribution >= 0.6 is 0 Å². The molecule has 1 aliphatic rings. The van der Waals surface area contributed by atoms with Gasteiger partial charge in [0, 0.05) is 26.1 Å². The van der Waals surface area contributed by atoms with Crippen molar-refractivity contribution >= 4 is 11.9 Å². The number of carbonyl (C=O) groups excluding carboxylic acids is 2. The number of hydrogen-bond acceptors (Lipinski definition) is 5. The van der Waals surface area contributed by atoms with Crippen LogP contribution < -0.4 is 5.32 Å². The van der Waals surface area contributed by atoms with Gasteiger partial charge in [-0.15, -0.1) is 0 Å². The van der Waals surface area contributed by atoms with Gasteiger partial charge in [0.05, 0.1) is 6.10 Å². The summed E-state index contributed by atoms with van der Waals surface area (Å²) in [5.41, 5.74) is -0.519. The Bertz CT molecular complexity index is 352. The van der Waals surface area contributed by atoms with Crippen LogP contribution in [0.5, 0.6) is 0 Å². The molecule has 20 heavy (non-hydrogen) atoms. The monoisotopic (exact) mass is 286 g/mol. The van der Waals surface area contributed by atoms with Gasteiger partial charge in [0.2, 0.25) is 0 Å². The molecule has 6 heteroatoms. The molecule has 1 saturated heterocycles. The molecule has 1 amide bonds. The Morgan fingerprint density at radius 3 is 2.55 bits per heavy atom. The first kappa shape index (κ1) is 16.9. The van der Waals surface area contributed by atoms with E-state index in [-0.39, 0.29) is 11.9 Å². The first-order valence-electron chi connectivity index (χ1n) is 7.05. The van der Waals surface area contributed by atoms with Crippen LogP contribution in [-0.4, -0.2) is 61.3 Å². The number of ketones is 1. The van der Waals surface area contributed by atoms with Gasteiger partial charge >= 0.3 is 6.09 Å². The lowest BCUT2D eigenvalue weighted by Crippen LogP contribution is -2.52. The average molecular weight is 286 g/mol. The van der Waals surface area contributed by atoms with E-state index < -0.39 is 17.8 Å². The van der Waals surface area contributed by atoms with Crippen LogP contribution in [0.25, 0.3) is 0 Å². The Hall–Kier alpha value is -1.14. The van der Waals surface area contributed by atoms with Gasteiger partial charge in [-0.25, -0.2) is 4.79 Å². The fraction of sp³-hybridized carbons (Fsp3) is 0.857. The number of likely N-dealkylation sites (N-methyl/N-ethyl adjacent to an activating group) is 1. The van der Waals surface area contributed by atoms with Crippen LogP contribution in [0.4, 0.5) is 4.79 Å². The van der Waals surface area contributed by atoms with E-state index in [9.17, 15) is 9.59 Å². The predicted octanol–water partition coefficient (Wildman–Crippen LogP) is 1.19. The van der Waals surface area contributed by atoms with Crippen molar-refractivity contribution in [1.29, 1.82) is 0 Å². The van der Waals surface area contributed by atoms with Gasteiger partial charge in [-0.1, -0.05) is 6.92 Å². The topological polar surface area (TPSA) is 67.9 Å². The highest BCUT2D eigenvalue weighted by molar-refractivity contribution is 5.83. The molecule has 6 nitrogen and oxygen atoms in total. The van der Waals surface area contributed by atoms with E-state index in [0.29, 0.717) is 26.1 Å². The van der Waals surface area contributed by atoms with Crippen LogP contribution in [0.15, 0.2) is 0 Å². The molecule has 1 N–H and O–H groups in total. The molecule has 0 saturated carbocycles. The number of nitrogens with one attached hydrogen (secondary N) is 1. The lowest BCUT2D eigenvalue weighted by Gasteiger charge is -2.35. The maximum Gasteiger partial charge on any atom is 0.407 e. The minimum Gasteiger partial charge on any atom is -0.444 e. The van der Waals surface area contributed by atoms with Crippen molar-refractivity contribution in [3.63, 3.8) is 0 Å². The van der Waals surface area contributed by atoms with Crippen LogP contribution in [0.2, 0.25) is 0 Å². The molecular weight excluding hydrogens is 260 g/mol. The molecule has 1 aliphatic heterocycles. The highest BCUT2D eigenvalue weighted by atomic mass is 16.6. The van der Waals surface area contributed by atoms with E-state index in [4.69, 9.17) is 9.47 Å². The summed E-state index contributed by atoms with van der Waals surface area (Å²) in [6.45, 7) is 8.90. The highest BCUT2D eigenvalue weighted by Crippen LogP contribution is 2.12. The normalized spacial score (nSPS) is 24.2. The number of alkyl carbamates (subject to hydrolysis) is 1. The smallest absolute Gasteiger partial charge is 0.407 e. The molecule has 0 bridgehead atoms. The second-order valence-electron chi connectivity index (χ2n) is 6.17. The SMILES string of the molecule is CCC(=O)[C@H]1CN(C)C[C@@H](CNC(=O)OC(C)(C)C)O1. The standard InChI is InChI=1S/C14H26N2O4/c1-6-11(17)12-9-16(5)8-10(19-12)7-15-13(18)20-14(2,3)4/h10,12H,6-9H2,1-5H3,(H,15,18)/t10-,12-/m1/s1. The van der Waals surface area contributed by atoms with Crippen molar-refractivity contribution in [2.75, 3.05) is 26.7 Å². The van der Waals surface area contributed by atoms with Crippen LogP contribution in [0.3, 0.4) is 0 Å². The largest absolute Gasteiger partial charge is 0.444 e. The van der Waals surface area contributed by atoms with Crippen LogP contribution in [0.1, 0.15) is 34.1 Å². The van der Waals surface area contributed by atoms with Crippen molar-refractivity contribution in [3.8, 4) is 0 Å². The van der Waals surface area contributed by atoms with Crippen molar-refractivity contribution < 1.29 is 19.1 Å². The Morgan fingerprint density at radius 2 is 2.00 bits per heavy atom. The summed E-state index contributed by atoms with van der Waals surface area (Å²) >= 11 is 0. The zero-order valence-corrected chi connectivity index (χ0v) is 13.1. The van der Waals surface area contributed by atoms with Gasteiger partial charge in [-0.05, 0) is 27.8 Å². The third kappa shape index (κ3) is 5.88. The molecule has 0 aromatic heterocycles.